The number of urea groups is 1. The van der Waals surface area contributed by atoms with Crippen LogP contribution in [0.2, 0.25) is 0 Å². The SMILES string of the molecule is CCCCNC(=O)NC(=O)COC(=O)c1ccc2[nH]c(C)c(C)c2c1. The van der Waals surface area contributed by atoms with E-state index in [0.717, 1.165) is 35.0 Å². The van der Waals surface area contributed by atoms with Crippen molar-refractivity contribution in [2.24, 2.45) is 0 Å². The van der Waals surface area contributed by atoms with Crippen LogP contribution in [0.25, 0.3) is 10.9 Å². The molecule has 0 aliphatic rings. The third-order valence-electron chi connectivity index (χ3n) is 3.95. The lowest BCUT2D eigenvalue weighted by Gasteiger charge is -2.07. The number of aromatic nitrogens is 1. The standard InChI is InChI=1S/C18H23N3O4/c1-4-5-8-19-18(24)21-16(22)10-25-17(23)13-6-7-15-14(9-13)11(2)12(3)20-15/h6-7,9,20H,4-5,8,10H2,1-3H3,(H2,19,21,22,24). The molecule has 0 fully saturated rings. The highest BCUT2D eigenvalue weighted by Crippen LogP contribution is 2.22. The maximum absolute atomic E-state index is 12.1. The van der Waals surface area contributed by atoms with Gasteiger partial charge in [0.1, 0.15) is 0 Å². The quantitative estimate of drug-likeness (QED) is 0.553. The van der Waals surface area contributed by atoms with Gasteiger partial charge in [-0.2, -0.15) is 0 Å². The summed E-state index contributed by atoms with van der Waals surface area (Å²) >= 11 is 0. The van der Waals surface area contributed by atoms with Crippen molar-refractivity contribution >= 4 is 28.8 Å². The van der Waals surface area contributed by atoms with Gasteiger partial charge in [0, 0.05) is 23.1 Å². The zero-order valence-corrected chi connectivity index (χ0v) is 14.7. The first-order valence-corrected chi connectivity index (χ1v) is 8.26. The molecule has 0 radical (unpaired) electrons. The van der Waals surface area contributed by atoms with E-state index in [1.807, 2.05) is 20.8 Å². The number of fused-ring (bicyclic) bond motifs is 1. The minimum Gasteiger partial charge on any atom is -0.452 e. The van der Waals surface area contributed by atoms with E-state index in [9.17, 15) is 14.4 Å². The van der Waals surface area contributed by atoms with Crippen LogP contribution >= 0.6 is 0 Å². The summed E-state index contributed by atoms with van der Waals surface area (Å²) in [4.78, 5) is 38.4. The van der Waals surface area contributed by atoms with Crippen molar-refractivity contribution in [2.75, 3.05) is 13.2 Å². The highest BCUT2D eigenvalue weighted by molar-refractivity contribution is 5.98. The summed E-state index contributed by atoms with van der Waals surface area (Å²) in [6, 6.07) is 4.57. The zero-order valence-electron chi connectivity index (χ0n) is 14.7. The van der Waals surface area contributed by atoms with E-state index in [0.29, 0.717) is 12.1 Å². The molecular weight excluding hydrogens is 322 g/mol. The molecule has 0 aliphatic carbocycles. The number of H-pyrrole nitrogens is 1. The number of ether oxygens (including phenoxy) is 1. The minimum absolute atomic E-state index is 0.356. The highest BCUT2D eigenvalue weighted by atomic mass is 16.5. The van der Waals surface area contributed by atoms with Crippen LogP contribution in [-0.2, 0) is 9.53 Å². The third-order valence-corrected chi connectivity index (χ3v) is 3.95. The van der Waals surface area contributed by atoms with Crippen LogP contribution in [0, 0.1) is 13.8 Å². The Morgan fingerprint density at radius 3 is 2.68 bits per heavy atom. The molecule has 2 rings (SSSR count). The fourth-order valence-corrected chi connectivity index (χ4v) is 2.39. The van der Waals surface area contributed by atoms with Crippen LogP contribution in [0.15, 0.2) is 18.2 Å². The van der Waals surface area contributed by atoms with Crippen molar-refractivity contribution in [2.45, 2.75) is 33.6 Å². The lowest BCUT2D eigenvalue weighted by atomic mass is 10.1. The smallest absolute Gasteiger partial charge is 0.338 e. The van der Waals surface area contributed by atoms with Gasteiger partial charge in [0.25, 0.3) is 5.91 Å². The van der Waals surface area contributed by atoms with Crippen LogP contribution < -0.4 is 10.6 Å². The Labute approximate surface area is 146 Å². The van der Waals surface area contributed by atoms with Gasteiger partial charge in [0.05, 0.1) is 5.56 Å². The van der Waals surface area contributed by atoms with E-state index in [-0.39, 0.29) is 0 Å². The first-order valence-electron chi connectivity index (χ1n) is 8.26. The molecule has 0 saturated heterocycles. The Hall–Kier alpha value is -2.83. The molecule has 3 N–H and O–H groups in total. The summed E-state index contributed by atoms with van der Waals surface area (Å²) < 4.78 is 4.97. The largest absolute Gasteiger partial charge is 0.452 e. The molecule has 0 saturated carbocycles. The number of rotatable bonds is 6. The lowest BCUT2D eigenvalue weighted by Crippen LogP contribution is -2.41. The molecule has 0 aliphatic heterocycles. The number of benzene rings is 1. The van der Waals surface area contributed by atoms with Gasteiger partial charge in [-0.15, -0.1) is 0 Å². The zero-order chi connectivity index (χ0) is 18.4. The molecule has 1 heterocycles. The van der Waals surface area contributed by atoms with Gasteiger partial charge < -0.3 is 15.0 Å². The number of hydrogen-bond acceptors (Lipinski definition) is 4. The predicted octanol–water partition coefficient (Wildman–Crippen LogP) is 2.57. The molecule has 3 amide bonds. The number of amides is 3. The van der Waals surface area contributed by atoms with Crippen molar-refractivity contribution in [3.63, 3.8) is 0 Å². The number of aryl methyl sites for hydroxylation is 2. The molecule has 1 aromatic carbocycles. The number of carbonyl (C=O) groups is 3. The second-order valence-electron chi connectivity index (χ2n) is 5.87. The molecule has 2 aromatic rings. The minimum atomic E-state index is -0.669. The average Bonchev–Trinajstić information content (AvgIpc) is 2.87. The molecule has 0 spiro atoms. The highest BCUT2D eigenvalue weighted by Gasteiger charge is 2.14. The van der Waals surface area contributed by atoms with Gasteiger partial charge in [0.15, 0.2) is 6.61 Å². The third kappa shape index (κ3) is 4.82. The molecule has 7 nitrogen and oxygen atoms in total. The second-order valence-corrected chi connectivity index (χ2v) is 5.87. The molecule has 1 aromatic heterocycles. The Morgan fingerprint density at radius 1 is 1.20 bits per heavy atom. The molecule has 0 bridgehead atoms. The van der Waals surface area contributed by atoms with Gasteiger partial charge in [-0.25, -0.2) is 9.59 Å². The fraction of sp³-hybridized carbons (Fsp3) is 0.389. The van der Waals surface area contributed by atoms with Gasteiger partial charge in [-0.05, 0) is 44.0 Å². The molecule has 0 atom stereocenters. The van der Waals surface area contributed by atoms with Crippen LogP contribution in [-0.4, -0.2) is 36.0 Å². The number of aromatic amines is 1. The van der Waals surface area contributed by atoms with E-state index in [4.69, 9.17) is 4.74 Å². The van der Waals surface area contributed by atoms with Crippen LogP contribution in [0.3, 0.4) is 0 Å². The normalized spacial score (nSPS) is 10.5. The Bertz CT molecular complexity index is 795. The number of hydrogen-bond donors (Lipinski definition) is 3. The maximum atomic E-state index is 12.1. The van der Waals surface area contributed by atoms with Crippen LogP contribution in [0.1, 0.15) is 41.4 Å². The first-order chi connectivity index (χ1) is 11.9. The number of carbonyl (C=O) groups excluding carboxylic acids is 3. The number of unbranched alkanes of at least 4 members (excludes halogenated alkanes) is 1. The van der Waals surface area contributed by atoms with Crippen molar-refractivity contribution < 1.29 is 19.1 Å². The van der Waals surface area contributed by atoms with Gasteiger partial charge in [-0.3, -0.25) is 10.1 Å². The summed E-state index contributed by atoms with van der Waals surface area (Å²) in [7, 11) is 0. The van der Waals surface area contributed by atoms with E-state index in [1.165, 1.54) is 0 Å². The van der Waals surface area contributed by atoms with Crippen molar-refractivity contribution in [3.05, 3.63) is 35.0 Å². The van der Waals surface area contributed by atoms with Gasteiger partial charge >= 0.3 is 12.0 Å². The Balaban J connectivity index is 1.88. The molecule has 7 heteroatoms. The number of nitrogens with one attached hydrogen (secondary N) is 3. The topological polar surface area (TPSA) is 100 Å². The maximum Gasteiger partial charge on any atom is 0.338 e. The van der Waals surface area contributed by atoms with Crippen molar-refractivity contribution in [1.82, 2.24) is 15.6 Å². The van der Waals surface area contributed by atoms with Crippen molar-refractivity contribution in [3.8, 4) is 0 Å². The van der Waals surface area contributed by atoms with Gasteiger partial charge in [0.2, 0.25) is 0 Å². The van der Waals surface area contributed by atoms with Crippen LogP contribution in [0.4, 0.5) is 4.79 Å². The summed E-state index contributed by atoms with van der Waals surface area (Å²) in [5, 5.41) is 5.60. The lowest BCUT2D eigenvalue weighted by molar-refractivity contribution is -0.123. The Morgan fingerprint density at radius 2 is 1.96 bits per heavy atom. The first kappa shape index (κ1) is 18.5. The molecule has 25 heavy (non-hydrogen) atoms. The molecule has 134 valence electrons. The summed E-state index contributed by atoms with van der Waals surface area (Å²) in [6.07, 6.45) is 1.77. The Kier molecular flexibility index (Phi) is 6.16. The fourth-order valence-electron chi connectivity index (χ4n) is 2.39. The summed E-state index contributed by atoms with van der Waals surface area (Å²) in [6.45, 7) is 5.91. The van der Waals surface area contributed by atoms with Gasteiger partial charge in [-0.1, -0.05) is 13.3 Å². The van der Waals surface area contributed by atoms with Crippen LogP contribution in [0.5, 0.6) is 0 Å². The summed E-state index contributed by atoms with van der Waals surface area (Å²) in [5.41, 5.74) is 3.39. The van der Waals surface area contributed by atoms with Crippen molar-refractivity contribution in [1.29, 1.82) is 0 Å². The average molecular weight is 345 g/mol. The van der Waals surface area contributed by atoms with E-state index in [2.05, 4.69) is 15.6 Å². The van der Waals surface area contributed by atoms with E-state index in [1.54, 1.807) is 18.2 Å². The van der Waals surface area contributed by atoms with E-state index >= 15 is 0 Å². The predicted molar refractivity (Wildman–Crippen MR) is 94.5 cm³/mol. The monoisotopic (exact) mass is 345 g/mol. The molecular formula is C18H23N3O4. The second kappa shape index (κ2) is 8.32. The number of esters is 1. The van der Waals surface area contributed by atoms with E-state index < -0.39 is 24.5 Å². The molecule has 0 unspecified atom stereocenters. The number of imide groups is 1. The summed E-state index contributed by atoms with van der Waals surface area (Å²) in [5.74, 6) is -1.28.